The van der Waals surface area contributed by atoms with Gasteiger partial charge < -0.3 is 19.6 Å². The fourth-order valence-corrected chi connectivity index (χ4v) is 3.13. The number of hydrogen-bond donors (Lipinski definition) is 2. The maximum atomic E-state index is 12.6. The summed E-state index contributed by atoms with van der Waals surface area (Å²) in [5.74, 6) is -0.738. The highest BCUT2D eigenvalue weighted by atomic mass is 16.5. The Morgan fingerprint density at radius 2 is 2.00 bits per heavy atom. The van der Waals surface area contributed by atoms with E-state index in [4.69, 9.17) is 4.74 Å². The number of esters is 1. The number of amides is 1. The molecule has 2 heterocycles. The summed E-state index contributed by atoms with van der Waals surface area (Å²) in [5.41, 5.74) is 3.80. The van der Waals surface area contributed by atoms with Gasteiger partial charge in [0.1, 0.15) is 5.69 Å². The number of rotatable bonds is 4. The molecule has 0 unspecified atom stereocenters. The van der Waals surface area contributed by atoms with Gasteiger partial charge in [-0.25, -0.2) is 4.79 Å². The quantitative estimate of drug-likeness (QED) is 0.713. The van der Waals surface area contributed by atoms with Gasteiger partial charge in [0.05, 0.1) is 12.7 Å². The number of H-pyrrole nitrogens is 1. The number of ether oxygens (including phenoxy) is 1. The molecule has 3 aromatic rings. The second-order valence-corrected chi connectivity index (χ2v) is 5.95. The van der Waals surface area contributed by atoms with Gasteiger partial charge in [0.15, 0.2) is 0 Å². The molecular weight excluding hydrogens is 318 g/mol. The molecule has 0 aliphatic heterocycles. The van der Waals surface area contributed by atoms with Crippen LogP contribution in [0.5, 0.6) is 0 Å². The maximum Gasteiger partial charge on any atom is 0.339 e. The van der Waals surface area contributed by atoms with Crippen LogP contribution < -0.4 is 5.32 Å². The number of methoxy groups -OCH3 is 1. The zero-order valence-electron chi connectivity index (χ0n) is 14.8. The van der Waals surface area contributed by atoms with Gasteiger partial charge in [0.25, 0.3) is 5.91 Å². The molecular formula is C19H21N3O3. The minimum atomic E-state index is -0.451. The summed E-state index contributed by atoms with van der Waals surface area (Å²) < 4.78 is 6.92. The van der Waals surface area contributed by atoms with E-state index in [1.54, 1.807) is 13.8 Å². The number of anilines is 1. The molecule has 0 radical (unpaired) electrons. The van der Waals surface area contributed by atoms with E-state index >= 15 is 0 Å². The normalized spacial score (nSPS) is 10.9. The van der Waals surface area contributed by atoms with Gasteiger partial charge in [-0.2, -0.15) is 0 Å². The molecule has 0 bridgehead atoms. The highest BCUT2D eigenvalue weighted by Crippen LogP contribution is 2.23. The molecule has 2 N–H and O–H groups in total. The molecule has 1 aromatic carbocycles. The molecule has 2 aromatic heterocycles. The van der Waals surface area contributed by atoms with Crippen molar-refractivity contribution in [3.8, 4) is 0 Å². The Morgan fingerprint density at radius 1 is 1.24 bits per heavy atom. The van der Waals surface area contributed by atoms with Gasteiger partial charge in [-0.05, 0) is 50.6 Å². The lowest BCUT2D eigenvalue weighted by molar-refractivity contribution is 0.0599. The Hall–Kier alpha value is -3.02. The lowest BCUT2D eigenvalue weighted by Crippen LogP contribution is -2.14. The first-order valence-corrected chi connectivity index (χ1v) is 8.14. The Kier molecular flexibility index (Phi) is 4.35. The Balaban J connectivity index is 1.89. The first kappa shape index (κ1) is 16.8. The Labute approximate surface area is 145 Å². The maximum absolute atomic E-state index is 12.6. The van der Waals surface area contributed by atoms with Crippen LogP contribution in [0, 0.1) is 13.8 Å². The van der Waals surface area contributed by atoms with E-state index in [1.165, 1.54) is 7.11 Å². The van der Waals surface area contributed by atoms with E-state index in [2.05, 4.69) is 21.8 Å². The predicted octanol–water partition coefficient (Wildman–Crippen LogP) is 3.65. The first-order valence-electron chi connectivity index (χ1n) is 8.14. The Bertz CT molecular complexity index is 966. The van der Waals surface area contributed by atoms with Crippen LogP contribution in [0.1, 0.15) is 39.0 Å². The number of benzene rings is 1. The van der Waals surface area contributed by atoms with Gasteiger partial charge in [0, 0.05) is 35.0 Å². The van der Waals surface area contributed by atoms with Crippen LogP contribution in [0.25, 0.3) is 10.9 Å². The van der Waals surface area contributed by atoms with Crippen LogP contribution >= 0.6 is 0 Å². The second kappa shape index (κ2) is 6.47. The molecule has 0 atom stereocenters. The SMILES string of the molecule is CCn1ccc2cc(NC(=O)c3[nH]c(C)c(C(=O)OC)c3C)ccc21. The highest BCUT2D eigenvalue weighted by Gasteiger charge is 2.22. The van der Waals surface area contributed by atoms with Crippen LogP contribution in [-0.4, -0.2) is 28.5 Å². The van der Waals surface area contributed by atoms with E-state index in [0.29, 0.717) is 28.2 Å². The molecule has 1 amide bonds. The third-order valence-corrected chi connectivity index (χ3v) is 4.42. The van der Waals surface area contributed by atoms with Crippen molar-refractivity contribution in [1.29, 1.82) is 0 Å². The summed E-state index contributed by atoms with van der Waals surface area (Å²) in [6.45, 7) is 6.46. The number of carbonyl (C=O) groups is 2. The fourth-order valence-electron chi connectivity index (χ4n) is 3.13. The smallest absolute Gasteiger partial charge is 0.339 e. The fraction of sp³-hybridized carbons (Fsp3) is 0.263. The van der Waals surface area contributed by atoms with Gasteiger partial charge in [0.2, 0.25) is 0 Å². The van der Waals surface area contributed by atoms with E-state index in [-0.39, 0.29) is 5.91 Å². The number of aryl methyl sites for hydroxylation is 2. The monoisotopic (exact) mass is 339 g/mol. The summed E-state index contributed by atoms with van der Waals surface area (Å²) >= 11 is 0. The second-order valence-electron chi connectivity index (χ2n) is 5.95. The number of fused-ring (bicyclic) bond motifs is 1. The van der Waals surface area contributed by atoms with Gasteiger partial charge in [-0.1, -0.05) is 0 Å². The lowest BCUT2D eigenvalue weighted by atomic mass is 10.1. The molecule has 0 saturated carbocycles. The van der Waals surface area contributed by atoms with Crippen molar-refractivity contribution in [2.75, 3.05) is 12.4 Å². The number of nitrogens with one attached hydrogen (secondary N) is 2. The largest absolute Gasteiger partial charge is 0.465 e. The molecule has 6 nitrogen and oxygen atoms in total. The van der Waals surface area contributed by atoms with Gasteiger partial charge in [-0.3, -0.25) is 4.79 Å². The number of nitrogens with zero attached hydrogens (tertiary/aromatic N) is 1. The zero-order valence-corrected chi connectivity index (χ0v) is 14.8. The van der Waals surface area contributed by atoms with Crippen LogP contribution in [-0.2, 0) is 11.3 Å². The van der Waals surface area contributed by atoms with Crippen molar-refractivity contribution in [3.63, 3.8) is 0 Å². The highest BCUT2D eigenvalue weighted by molar-refractivity contribution is 6.07. The number of aromatic amines is 1. The average Bonchev–Trinajstić information content (AvgIpc) is 3.14. The van der Waals surface area contributed by atoms with E-state index in [0.717, 1.165) is 17.4 Å². The third kappa shape index (κ3) is 2.91. The van der Waals surface area contributed by atoms with Crippen LogP contribution in [0.2, 0.25) is 0 Å². The van der Waals surface area contributed by atoms with Gasteiger partial charge >= 0.3 is 5.97 Å². The topological polar surface area (TPSA) is 76.1 Å². The molecule has 25 heavy (non-hydrogen) atoms. The van der Waals surface area contributed by atoms with Crippen LogP contribution in [0.4, 0.5) is 5.69 Å². The molecule has 130 valence electrons. The summed E-state index contributed by atoms with van der Waals surface area (Å²) in [7, 11) is 1.33. The molecule has 6 heteroatoms. The Morgan fingerprint density at radius 3 is 2.68 bits per heavy atom. The van der Waals surface area contributed by atoms with Crippen molar-refractivity contribution >= 4 is 28.5 Å². The van der Waals surface area contributed by atoms with Crippen LogP contribution in [0.3, 0.4) is 0 Å². The summed E-state index contributed by atoms with van der Waals surface area (Å²) in [5, 5.41) is 3.95. The molecule has 0 aliphatic carbocycles. The van der Waals surface area contributed by atoms with Crippen molar-refractivity contribution in [2.24, 2.45) is 0 Å². The van der Waals surface area contributed by atoms with Crippen molar-refractivity contribution in [3.05, 3.63) is 53.0 Å². The summed E-state index contributed by atoms with van der Waals surface area (Å²) in [6, 6.07) is 7.82. The van der Waals surface area contributed by atoms with E-state index in [9.17, 15) is 9.59 Å². The van der Waals surface area contributed by atoms with E-state index < -0.39 is 5.97 Å². The molecule has 0 saturated heterocycles. The average molecular weight is 339 g/mol. The molecule has 0 fully saturated rings. The number of aromatic nitrogens is 2. The van der Waals surface area contributed by atoms with Crippen molar-refractivity contribution in [2.45, 2.75) is 27.3 Å². The minimum absolute atomic E-state index is 0.287. The standard InChI is InChI=1S/C19H21N3O3/c1-5-22-9-8-13-10-14(6-7-15(13)22)21-18(23)17-11(2)16(12(3)20-17)19(24)25-4/h6-10,20H,5H2,1-4H3,(H,21,23). The number of hydrogen-bond acceptors (Lipinski definition) is 3. The summed E-state index contributed by atoms with van der Waals surface area (Å²) in [4.78, 5) is 27.4. The van der Waals surface area contributed by atoms with Gasteiger partial charge in [-0.15, -0.1) is 0 Å². The minimum Gasteiger partial charge on any atom is -0.465 e. The first-order chi connectivity index (χ1) is 12.0. The summed E-state index contributed by atoms with van der Waals surface area (Å²) in [6.07, 6.45) is 2.03. The number of carbonyl (C=O) groups excluding carboxylic acids is 2. The molecule has 0 aliphatic rings. The van der Waals surface area contributed by atoms with Crippen LogP contribution in [0.15, 0.2) is 30.5 Å². The zero-order chi connectivity index (χ0) is 18.1. The molecule has 3 rings (SSSR count). The third-order valence-electron chi connectivity index (χ3n) is 4.42. The molecule has 0 spiro atoms. The lowest BCUT2D eigenvalue weighted by Gasteiger charge is -2.06. The predicted molar refractivity (Wildman–Crippen MR) is 97.2 cm³/mol. The van der Waals surface area contributed by atoms with Crippen molar-refractivity contribution < 1.29 is 14.3 Å². The van der Waals surface area contributed by atoms with Crippen molar-refractivity contribution in [1.82, 2.24) is 9.55 Å². The van der Waals surface area contributed by atoms with E-state index in [1.807, 2.05) is 30.5 Å².